The molecule has 0 aliphatic heterocycles. The molecule has 0 atom stereocenters. The quantitative estimate of drug-likeness (QED) is 0.872. The highest BCUT2D eigenvalue weighted by Gasteiger charge is 2.38. The van der Waals surface area contributed by atoms with Gasteiger partial charge in [0, 0.05) is 6.04 Å². The molecule has 18 heavy (non-hydrogen) atoms. The summed E-state index contributed by atoms with van der Waals surface area (Å²) in [7, 11) is 0. The highest BCUT2D eigenvalue weighted by atomic mass is 79.9. The van der Waals surface area contributed by atoms with Gasteiger partial charge >= 0.3 is 0 Å². The molecule has 1 heterocycles. The van der Waals surface area contributed by atoms with E-state index in [4.69, 9.17) is 4.42 Å². The van der Waals surface area contributed by atoms with E-state index in [1.165, 1.54) is 19.3 Å². The molecule has 2 nitrogen and oxygen atoms in total. The Labute approximate surface area is 119 Å². The molecule has 0 spiro atoms. The molecule has 1 aromatic heterocycles. The van der Waals surface area contributed by atoms with Gasteiger partial charge in [-0.3, -0.25) is 0 Å². The summed E-state index contributed by atoms with van der Waals surface area (Å²) in [6.07, 6.45) is 3.81. The van der Waals surface area contributed by atoms with Gasteiger partial charge in [-0.25, -0.2) is 0 Å². The van der Waals surface area contributed by atoms with Crippen LogP contribution in [0.25, 0.3) is 0 Å². The van der Waals surface area contributed by atoms with E-state index in [1.807, 2.05) is 12.1 Å². The average molecular weight is 314 g/mol. The summed E-state index contributed by atoms with van der Waals surface area (Å²) < 4.78 is 6.34. The van der Waals surface area contributed by atoms with Gasteiger partial charge < -0.3 is 9.73 Å². The van der Waals surface area contributed by atoms with E-state index in [2.05, 4.69) is 48.9 Å². The summed E-state index contributed by atoms with van der Waals surface area (Å²) in [5.74, 6) is 1.00. The van der Waals surface area contributed by atoms with Crippen molar-refractivity contribution in [2.24, 2.45) is 10.8 Å². The van der Waals surface area contributed by atoms with Gasteiger partial charge in [0.2, 0.25) is 0 Å². The van der Waals surface area contributed by atoms with Crippen LogP contribution in [-0.2, 0) is 6.54 Å². The van der Waals surface area contributed by atoms with E-state index in [9.17, 15) is 0 Å². The maximum atomic E-state index is 5.53. The van der Waals surface area contributed by atoms with E-state index in [0.29, 0.717) is 16.9 Å². The van der Waals surface area contributed by atoms with Gasteiger partial charge in [-0.05, 0) is 58.2 Å². The van der Waals surface area contributed by atoms with Gasteiger partial charge in [0.1, 0.15) is 5.76 Å². The molecule has 1 aliphatic carbocycles. The van der Waals surface area contributed by atoms with Crippen molar-refractivity contribution in [1.82, 2.24) is 5.32 Å². The van der Waals surface area contributed by atoms with Crippen LogP contribution >= 0.6 is 15.9 Å². The highest BCUT2D eigenvalue weighted by molar-refractivity contribution is 9.10. The van der Waals surface area contributed by atoms with Crippen LogP contribution < -0.4 is 5.32 Å². The van der Waals surface area contributed by atoms with Crippen LogP contribution in [0.3, 0.4) is 0 Å². The Kier molecular flexibility index (Phi) is 3.93. The molecule has 1 N–H and O–H groups in total. The molecule has 1 saturated carbocycles. The van der Waals surface area contributed by atoms with Crippen molar-refractivity contribution in [3.8, 4) is 0 Å². The monoisotopic (exact) mass is 313 g/mol. The van der Waals surface area contributed by atoms with Gasteiger partial charge in [0.25, 0.3) is 0 Å². The van der Waals surface area contributed by atoms with Crippen LogP contribution in [0.4, 0.5) is 0 Å². The second-order valence-electron chi connectivity index (χ2n) is 7.20. The molecule has 0 bridgehead atoms. The van der Waals surface area contributed by atoms with Crippen LogP contribution in [0.1, 0.15) is 52.7 Å². The number of furan rings is 1. The van der Waals surface area contributed by atoms with E-state index < -0.39 is 0 Å². The lowest BCUT2D eigenvalue weighted by atomic mass is 9.63. The molecule has 0 radical (unpaired) electrons. The normalized spacial score (nSPS) is 23.2. The number of rotatable bonds is 3. The maximum Gasteiger partial charge on any atom is 0.169 e. The second kappa shape index (κ2) is 5.01. The second-order valence-corrected chi connectivity index (χ2v) is 7.98. The summed E-state index contributed by atoms with van der Waals surface area (Å²) >= 11 is 3.34. The minimum atomic E-state index is 0.434. The van der Waals surface area contributed by atoms with Crippen molar-refractivity contribution in [2.75, 3.05) is 0 Å². The van der Waals surface area contributed by atoms with Crippen LogP contribution in [0.2, 0.25) is 0 Å². The lowest BCUT2D eigenvalue weighted by Crippen LogP contribution is -2.43. The number of halogens is 1. The molecule has 1 aromatic rings. The first-order chi connectivity index (χ1) is 8.26. The van der Waals surface area contributed by atoms with E-state index in [1.54, 1.807) is 0 Å². The molecule has 102 valence electrons. The Morgan fingerprint density at radius 3 is 2.33 bits per heavy atom. The highest BCUT2D eigenvalue weighted by Crippen LogP contribution is 2.45. The topological polar surface area (TPSA) is 25.2 Å². The minimum absolute atomic E-state index is 0.434. The molecule has 2 rings (SSSR count). The number of nitrogens with one attached hydrogen (secondary N) is 1. The third-order valence-electron chi connectivity index (χ3n) is 3.75. The fourth-order valence-electron chi connectivity index (χ4n) is 3.68. The third-order valence-corrected chi connectivity index (χ3v) is 4.18. The first-order valence-electron chi connectivity index (χ1n) is 6.73. The van der Waals surface area contributed by atoms with Gasteiger partial charge in [-0.15, -0.1) is 0 Å². The number of hydrogen-bond acceptors (Lipinski definition) is 2. The van der Waals surface area contributed by atoms with E-state index >= 15 is 0 Å². The van der Waals surface area contributed by atoms with Crippen molar-refractivity contribution >= 4 is 15.9 Å². The third kappa shape index (κ3) is 3.86. The molecule has 1 fully saturated rings. The van der Waals surface area contributed by atoms with Gasteiger partial charge in [-0.1, -0.05) is 27.7 Å². The number of hydrogen-bond donors (Lipinski definition) is 1. The van der Waals surface area contributed by atoms with Crippen LogP contribution in [0.5, 0.6) is 0 Å². The predicted molar refractivity (Wildman–Crippen MR) is 78.4 cm³/mol. The molecule has 3 heteroatoms. The zero-order valence-electron chi connectivity index (χ0n) is 11.8. The van der Waals surface area contributed by atoms with Crippen molar-refractivity contribution < 1.29 is 4.42 Å². The molecule has 0 unspecified atom stereocenters. The zero-order chi connectivity index (χ0) is 13.4. The van der Waals surface area contributed by atoms with Crippen LogP contribution in [-0.4, -0.2) is 6.04 Å². The molecule has 1 aliphatic rings. The smallest absolute Gasteiger partial charge is 0.169 e. The summed E-state index contributed by atoms with van der Waals surface area (Å²) in [6.45, 7) is 10.3. The van der Waals surface area contributed by atoms with Crippen LogP contribution in [0.15, 0.2) is 21.2 Å². The first-order valence-corrected chi connectivity index (χ1v) is 7.53. The summed E-state index contributed by atoms with van der Waals surface area (Å²) in [6, 6.07) is 4.56. The van der Waals surface area contributed by atoms with E-state index in [0.717, 1.165) is 17.0 Å². The standard InChI is InChI=1S/C15H24BrNO/c1-14(2)7-11(8-15(3,4)10-14)17-9-12-5-6-13(16)18-12/h5-6,11,17H,7-10H2,1-4H3. The Morgan fingerprint density at radius 1 is 1.22 bits per heavy atom. The van der Waals surface area contributed by atoms with Crippen molar-refractivity contribution in [1.29, 1.82) is 0 Å². The van der Waals surface area contributed by atoms with E-state index in [-0.39, 0.29) is 0 Å². The van der Waals surface area contributed by atoms with Gasteiger partial charge in [0.15, 0.2) is 4.67 Å². The fourth-order valence-corrected chi connectivity index (χ4v) is 4.02. The molecular weight excluding hydrogens is 290 g/mol. The zero-order valence-corrected chi connectivity index (χ0v) is 13.4. The maximum absolute atomic E-state index is 5.53. The minimum Gasteiger partial charge on any atom is -0.453 e. The summed E-state index contributed by atoms with van der Waals surface area (Å²) in [5.41, 5.74) is 0.867. The lowest BCUT2D eigenvalue weighted by Gasteiger charge is -2.45. The Hall–Kier alpha value is -0.280. The first kappa shape index (κ1) is 14.1. The van der Waals surface area contributed by atoms with Gasteiger partial charge in [0.05, 0.1) is 6.54 Å². The largest absolute Gasteiger partial charge is 0.453 e. The van der Waals surface area contributed by atoms with Crippen molar-refractivity contribution in [3.05, 3.63) is 22.6 Å². The summed E-state index contributed by atoms with van der Waals surface area (Å²) in [4.78, 5) is 0. The van der Waals surface area contributed by atoms with Crippen LogP contribution in [0, 0.1) is 10.8 Å². The molecule has 0 aromatic carbocycles. The average Bonchev–Trinajstić information content (AvgIpc) is 2.56. The summed E-state index contributed by atoms with van der Waals surface area (Å²) in [5, 5.41) is 3.65. The lowest BCUT2D eigenvalue weighted by molar-refractivity contribution is 0.0836. The molecule has 0 amide bonds. The Morgan fingerprint density at radius 2 is 1.83 bits per heavy atom. The van der Waals surface area contributed by atoms with Gasteiger partial charge in [-0.2, -0.15) is 0 Å². The predicted octanol–water partition coefficient (Wildman–Crippen LogP) is 4.74. The fraction of sp³-hybridized carbons (Fsp3) is 0.733. The SMILES string of the molecule is CC1(C)CC(NCc2ccc(Br)o2)CC(C)(C)C1. The molecule has 0 saturated heterocycles. The van der Waals surface area contributed by atoms with Crippen molar-refractivity contribution in [2.45, 2.75) is 59.5 Å². The Bertz CT molecular complexity index is 392. The Balaban J connectivity index is 1.93. The molecular formula is C15H24BrNO. The van der Waals surface area contributed by atoms with Crippen molar-refractivity contribution in [3.63, 3.8) is 0 Å².